The number of nitrogens with zero attached hydrogens (tertiary/aromatic N) is 5. The lowest BCUT2D eigenvalue weighted by Crippen LogP contribution is -2.56. The van der Waals surface area contributed by atoms with Crippen LogP contribution in [0.15, 0.2) is 42.6 Å². The molecule has 2 saturated heterocycles. The first kappa shape index (κ1) is 31.8. The summed E-state index contributed by atoms with van der Waals surface area (Å²) < 4.78 is 78.4. The number of methoxy groups -OCH3 is 1. The van der Waals surface area contributed by atoms with E-state index in [0.29, 0.717) is 28.7 Å². The van der Waals surface area contributed by atoms with E-state index in [-0.39, 0.29) is 24.5 Å². The minimum Gasteiger partial charge on any atom is -0.494 e. The number of nitrogens with one attached hydrogen (secondary N) is 1. The Kier molecular flexibility index (Phi) is 9.23. The number of hydrogen-bond acceptors (Lipinski definition) is 9. The van der Waals surface area contributed by atoms with Gasteiger partial charge in [-0.25, -0.2) is 18.4 Å². The van der Waals surface area contributed by atoms with Crippen molar-refractivity contribution in [3.8, 4) is 5.75 Å². The summed E-state index contributed by atoms with van der Waals surface area (Å²) in [6, 6.07) is 11.4. The third-order valence-electron chi connectivity index (χ3n) is 8.13. The van der Waals surface area contributed by atoms with Crippen LogP contribution in [0.25, 0.3) is 0 Å². The number of ether oxygens (including phenoxy) is 2. The molecule has 5 rings (SSSR count). The van der Waals surface area contributed by atoms with Crippen LogP contribution in [-0.4, -0.2) is 89.1 Å². The summed E-state index contributed by atoms with van der Waals surface area (Å²) >= 11 is 0. The molecule has 0 amide bonds. The van der Waals surface area contributed by atoms with Crippen LogP contribution >= 0.6 is 0 Å². The van der Waals surface area contributed by atoms with Crippen LogP contribution in [0.1, 0.15) is 22.4 Å². The van der Waals surface area contributed by atoms with Crippen molar-refractivity contribution in [2.45, 2.75) is 32.0 Å². The second-order valence-electron chi connectivity index (χ2n) is 11.1. The Labute approximate surface area is 255 Å². The highest BCUT2D eigenvalue weighted by Crippen LogP contribution is 2.35. The Morgan fingerprint density at radius 2 is 1.82 bits per heavy atom. The van der Waals surface area contributed by atoms with Crippen molar-refractivity contribution in [1.82, 2.24) is 14.9 Å². The van der Waals surface area contributed by atoms with Gasteiger partial charge in [0, 0.05) is 51.2 Å². The van der Waals surface area contributed by atoms with Crippen LogP contribution < -0.4 is 19.3 Å². The molecule has 10 nitrogen and oxygen atoms in total. The van der Waals surface area contributed by atoms with Crippen LogP contribution in [0.2, 0.25) is 0 Å². The van der Waals surface area contributed by atoms with Crippen molar-refractivity contribution in [3.63, 3.8) is 0 Å². The number of sulfonamides is 1. The first-order valence-electron chi connectivity index (χ1n) is 14.3. The van der Waals surface area contributed by atoms with Gasteiger partial charge in [-0.05, 0) is 49.1 Å². The third-order valence-corrected chi connectivity index (χ3v) is 9.32. The number of alkyl halides is 3. The smallest absolute Gasteiger partial charge is 0.419 e. The van der Waals surface area contributed by atoms with E-state index in [1.807, 2.05) is 19.1 Å². The van der Waals surface area contributed by atoms with Crippen molar-refractivity contribution in [2.75, 3.05) is 74.3 Å². The molecule has 3 heterocycles. The van der Waals surface area contributed by atoms with Crippen molar-refractivity contribution < 1.29 is 31.1 Å². The lowest BCUT2D eigenvalue weighted by molar-refractivity contribution is -0.138. The number of rotatable bonds is 10. The molecular weight excluding hydrogens is 597 g/mol. The standard InChI is InChI=1S/C30H37F3N6O4S/c1-20-5-6-21(27(15-20)37(2)44(4,40)41)7-9-25-24(30(31,32)33)17-34-29(35-25)36-26-10-8-22(16-28(26)42-3)38-11-13-39(14-12-38)23-18-43-19-23/h5-6,8,10,15-17,23H,7,9,11-14,18-19H2,1-4H3,(H,34,35,36). The number of anilines is 4. The van der Waals surface area contributed by atoms with Crippen LogP contribution in [0.3, 0.4) is 0 Å². The van der Waals surface area contributed by atoms with E-state index >= 15 is 0 Å². The van der Waals surface area contributed by atoms with E-state index in [1.165, 1.54) is 14.2 Å². The molecule has 0 radical (unpaired) electrons. The SMILES string of the molecule is COc1cc(N2CCN(C3COC3)CC2)ccc1Nc1ncc(C(F)(F)F)c(CCc2ccc(C)cc2N(C)S(C)(=O)=O)n1. The Hall–Kier alpha value is -3.62. The van der Waals surface area contributed by atoms with E-state index in [4.69, 9.17) is 9.47 Å². The largest absolute Gasteiger partial charge is 0.494 e. The zero-order valence-electron chi connectivity index (χ0n) is 25.2. The monoisotopic (exact) mass is 634 g/mol. The fraction of sp³-hybridized carbons (Fsp3) is 0.467. The van der Waals surface area contributed by atoms with E-state index in [9.17, 15) is 21.6 Å². The maximum atomic E-state index is 14.0. The Morgan fingerprint density at radius 1 is 1.09 bits per heavy atom. The molecule has 0 aliphatic carbocycles. The number of benzene rings is 2. The number of aromatic nitrogens is 2. The molecular formula is C30H37F3N6O4S. The molecule has 0 spiro atoms. The first-order chi connectivity index (χ1) is 20.8. The summed E-state index contributed by atoms with van der Waals surface area (Å²) in [5.41, 5.74) is 2.19. The molecule has 2 aromatic carbocycles. The van der Waals surface area contributed by atoms with E-state index in [1.54, 1.807) is 24.3 Å². The summed E-state index contributed by atoms with van der Waals surface area (Å²) in [5, 5.41) is 3.02. The van der Waals surface area contributed by atoms with E-state index in [0.717, 1.165) is 67.4 Å². The molecule has 0 saturated carbocycles. The predicted octanol–water partition coefficient (Wildman–Crippen LogP) is 4.26. The Morgan fingerprint density at radius 3 is 2.43 bits per heavy atom. The van der Waals surface area contributed by atoms with Crippen LogP contribution in [0.4, 0.5) is 36.2 Å². The summed E-state index contributed by atoms with van der Waals surface area (Å²) in [4.78, 5) is 12.9. The van der Waals surface area contributed by atoms with Gasteiger partial charge < -0.3 is 19.7 Å². The minimum absolute atomic E-state index is 0.00670. The molecule has 0 bridgehead atoms. The molecule has 44 heavy (non-hydrogen) atoms. The molecule has 2 fully saturated rings. The van der Waals surface area contributed by atoms with Gasteiger partial charge in [-0.15, -0.1) is 0 Å². The number of aryl methyl sites for hydroxylation is 3. The number of halogens is 3. The first-order valence-corrected chi connectivity index (χ1v) is 16.2. The lowest BCUT2D eigenvalue weighted by Gasteiger charge is -2.43. The fourth-order valence-electron chi connectivity index (χ4n) is 5.39. The van der Waals surface area contributed by atoms with Crippen molar-refractivity contribution >= 4 is 33.0 Å². The number of hydrogen-bond donors (Lipinski definition) is 1. The highest BCUT2D eigenvalue weighted by atomic mass is 32.2. The summed E-state index contributed by atoms with van der Waals surface area (Å²) in [7, 11) is -0.623. The van der Waals surface area contributed by atoms with Gasteiger partial charge in [-0.2, -0.15) is 13.2 Å². The van der Waals surface area contributed by atoms with Gasteiger partial charge >= 0.3 is 6.18 Å². The summed E-state index contributed by atoms with van der Waals surface area (Å²) in [5.74, 6) is 0.503. The normalized spacial score (nSPS) is 16.5. The molecule has 1 aromatic heterocycles. The Balaban J connectivity index is 1.35. The highest BCUT2D eigenvalue weighted by Gasteiger charge is 2.35. The second kappa shape index (κ2) is 12.8. The van der Waals surface area contributed by atoms with Crippen LogP contribution in [0.5, 0.6) is 5.75 Å². The quantitative estimate of drug-likeness (QED) is 0.351. The zero-order chi connectivity index (χ0) is 31.6. The number of piperazine rings is 1. The fourth-order valence-corrected chi connectivity index (χ4v) is 5.92. The molecule has 1 N–H and O–H groups in total. The van der Waals surface area contributed by atoms with Crippen LogP contribution in [0, 0.1) is 6.92 Å². The molecule has 0 atom stereocenters. The molecule has 238 valence electrons. The van der Waals surface area contributed by atoms with Crippen molar-refractivity contribution in [2.24, 2.45) is 0 Å². The van der Waals surface area contributed by atoms with Gasteiger partial charge in [0.25, 0.3) is 0 Å². The molecule has 2 aliphatic rings. The third kappa shape index (κ3) is 7.19. The highest BCUT2D eigenvalue weighted by molar-refractivity contribution is 7.92. The van der Waals surface area contributed by atoms with Gasteiger partial charge in [-0.1, -0.05) is 12.1 Å². The maximum Gasteiger partial charge on any atom is 0.419 e. The van der Waals surface area contributed by atoms with E-state index < -0.39 is 21.8 Å². The van der Waals surface area contributed by atoms with Crippen molar-refractivity contribution in [1.29, 1.82) is 0 Å². The molecule has 2 aliphatic heterocycles. The summed E-state index contributed by atoms with van der Waals surface area (Å²) in [6.45, 7) is 6.99. The molecule has 3 aromatic rings. The lowest BCUT2D eigenvalue weighted by atomic mass is 10.0. The zero-order valence-corrected chi connectivity index (χ0v) is 26.0. The van der Waals surface area contributed by atoms with Gasteiger partial charge in [-0.3, -0.25) is 9.21 Å². The molecule has 14 heteroatoms. The van der Waals surface area contributed by atoms with Crippen LogP contribution in [-0.2, 0) is 33.8 Å². The van der Waals surface area contributed by atoms with Crippen molar-refractivity contribution in [3.05, 3.63) is 65.0 Å². The Bertz CT molecular complexity index is 1590. The topological polar surface area (TPSA) is 100 Å². The maximum absolute atomic E-state index is 14.0. The minimum atomic E-state index is -4.66. The van der Waals surface area contributed by atoms with Gasteiger partial charge in [0.05, 0.1) is 55.3 Å². The van der Waals surface area contributed by atoms with Gasteiger partial charge in [0.1, 0.15) is 5.75 Å². The average molecular weight is 635 g/mol. The van der Waals surface area contributed by atoms with E-state index in [2.05, 4.69) is 25.1 Å². The summed E-state index contributed by atoms with van der Waals surface area (Å²) in [6.07, 6.45) is -2.77. The predicted molar refractivity (Wildman–Crippen MR) is 164 cm³/mol. The average Bonchev–Trinajstić information content (AvgIpc) is 2.95. The molecule has 0 unspecified atom stereocenters. The second-order valence-corrected chi connectivity index (χ2v) is 13.2. The van der Waals surface area contributed by atoms with Gasteiger partial charge in [0.2, 0.25) is 16.0 Å². The van der Waals surface area contributed by atoms with Gasteiger partial charge in [0.15, 0.2) is 0 Å².